The highest BCUT2D eigenvalue weighted by molar-refractivity contribution is 5.73. The van der Waals surface area contributed by atoms with Gasteiger partial charge >= 0.3 is 5.97 Å². The lowest BCUT2D eigenvalue weighted by Crippen LogP contribution is -2.30. The van der Waals surface area contributed by atoms with E-state index in [0.717, 1.165) is 5.56 Å². The van der Waals surface area contributed by atoms with E-state index in [1.165, 1.54) is 0 Å². The van der Waals surface area contributed by atoms with Crippen LogP contribution in [0.25, 0.3) is 10.4 Å². The second-order valence-electron chi connectivity index (χ2n) is 3.34. The number of nitrogens with zero attached hydrogens (tertiary/aromatic N) is 3. The van der Waals surface area contributed by atoms with Crippen LogP contribution in [0, 0.1) is 0 Å². The van der Waals surface area contributed by atoms with E-state index in [9.17, 15) is 4.79 Å². The van der Waals surface area contributed by atoms with Crippen molar-refractivity contribution in [3.8, 4) is 0 Å². The van der Waals surface area contributed by atoms with Gasteiger partial charge in [0.05, 0.1) is 0 Å². The van der Waals surface area contributed by atoms with Crippen molar-refractivity contribution < 1.29 is 9.90 Å². The van der Waals surface area contributed by atoms with E-state index in [0.29, 0.717) is 18.5 Å². The molecule has 0 radical (unpaired) electrons. The van der Waals surface area contributed by atoms with Gasteiger partial charge in [0.25, 0.3) is 0 Å². The van der Waals surface area contributed by atoms with E-state index in [-0.39, 0.29) is 0 Å². The number of aliphatic carboxylic acids is 1. The van der Waals surface area contributed by atoms with Gasteiger partial charge in [0.2, 0.25) is 0 Å². The van der Waals surface area contributed by atoms with E-state index < -0.39 is 12.0 Å². The molecular weight excluding hydrogens is 208 g/mol. The van der Waals surface area contributed by atoms with Gasteiger partial charge in [0.1, 0.15) is 6.04 Å². The maximum atomic E-state index is 10.5. The third-order valence-electron chi connectivity index (χ3n) is 2.16. The Morgan fingerprint density at radius 3 is 2.62 bits per heavy atom. The first-order valence-corrected chi connectivity index (χ1v) is 4.76. The Morgan fingerprint density at radius 2 is 2.12 bits per heavy atom. The van der Waals surface area contributed by atoms with Crippen LogP contribution in [-0.2, 0) is 11.2 Å². The molecule has 1 rings (SSSR count). The Labute approximate surface area is 92.3 Å². The summed E-state index contributed by atoms with van der Waals surface area (Å²) in [6.45, 7) is 0. The summed E-state index contributed by atoms with van der Waals surface area (Å²) in [5.74, 6) is -0.995. The van der Waals surface area contributed by atoms with Gasteiger partial charge in [0.15, 0.2) is 0 Å². The summed E-state index contributed by atoms with van der Waals surface area (Å²) in [6.07, 6.45) is 0.972. The van der Waals surface area contributed by atoms with Crippen molar-refractivity contribution in [1.82, 2.24) is 0 Å². The predicted octanol–water partition coefficient (Wildman–Crippen LogP) is 1.97. The number of hydrogen-bond donors (Lipinski definition) is 2. The minimum Gasteiger partial charge on any atom is -0.480 e. The molecule has 16 heavy (non-hydrogen) atoms. The number of nitrogens with two attached hydrogens (primary N) is 1. The van der Waals surface area contributed by atoms with Crippen molar-refractivity contribution in [3.05, 3.63) is 40.3 Å². The van der Waals surface area contributed by atoms with Gasteiger partial charge in [-0.25, -0.2) is 0 Å². The molecule has 0 spiro atoms. The van der Waals surface area contributed by atoms with Gasteiger partial charge in [-0.2, -0.15) is 0 Å². The number of carboxylic acids is 1. The minimum absolute atomic E-state index is 0.385. The number of azide groups is 1. The molecule has 0 amide bonds. The van der Waals surface area contributed by atoms with Crippen molar-refractivity contribution in [2.75, 3.05) is 0 Å². The fraction of sp³-hybridized carbons (Fsp3) is 0.300. The summed E-state index contributed by atoms with van der Waals surface area (Å²) >= 11 is 0. The lowest BCUT2D eigenvalue weighted by Gasteiger charge is -2.05. The summed E-state index contributed by atoms with van der Waals surface area (Å²) in [4.78, 5) is 13.1. The summed E-state index contributed by atoms with van der Waals surface area (Å²) in [7, 11) is 0. The Morgan fingerprint density at radius 1 is 1.50 bits per heavy atom. The second-order valence-corrected chi connectivity index (χ2v) is 3.34. The largest absolute Gasteiger partial charge is 0.480 e. The SMILES string of the molecule is [N-]=[N+]=Nc1ccc(CC[C@H](N)C(=O)O)cc1. The van der Waals surface area contributed by atoms with Crippen molar-refractivity contribution in [1.29, 1.82) is 0 Å². The van der Waals surface area contributed by atoms with Gasteiger partial charge in [-0.1, -0.05) is 29.4 Å². The molecule has 1 aromatic rings. The van der Waals surface area contributed by atoms with Gasteiger partial charge in [-0.05, 0) is 23.9 Å². The average Bonchev–Trinajstić information content (AvgIpc) is 2.28. The van der Waals surface area contributed by atoms with Gasteiger partial charge in [-0.3, -0.25) is 4.79 Å². The van der Waals surface area contributed by atoms with Crippen molar-refractivity contribution in [2.24, 2.45) is 10.8 Å². The van der Waals surface area contributed by atoms with E-state index in [1.807, 2.05) is 0 Å². The summed E-state index contributed by atoms with van der Waals surface area (Å²) in [5.41, 5.74) is 15.1. The fourth-order valence-corrected chi connectivity index (χ4v) is 1.23. The summed E-state index contributed by atoms with van der Waals surface area (Å²) < 4.78 is 0. The molecule has 0 heterocycles. The maximum absolute atomic E-state index is 10.5. The molecule has 0 bridgehead atoms. The van der Waals surface area contributed by atoms with Crippen LogP contribution in [0.5, 0.6) is 0 Å². The molecule has 1 aromatic carbocycles. The number of carbonyl (C=O) groups is 1. The van der Waals surface area contributed by atoms with E-state index in [2.05, 4.69) is 10.0 Å². The van der Waals surface area contributed by atoms with Crippen LogP contribution in [0.2, 0.25) is 0 Å². The molecule has 0 saturated heterocycles. The summed E-state index contributed by atoms with van der Waals surface area (Å²) in [5, 5.41) is 12.0. The Hall–Kier alpha value is -2.04. The molecule has 1 atom stereocenters. The molecule has 0 saturated carbocycles. The van der Waals surface area contributed by atoms with Crippen molar-refractivity contribution in [2.45, 2.75) is 18.9 Å². The molecule has 6 nitrogen and oxygen atoms in total. The van der Waals surface area contributed by atoms with E-state index in [4.69, 9.17) is 16.4 Å². The highest BCUT2D eigenvalue weighted by Gasteiger charge is 2.10. The molecule has 84 valence electrons. The van der Waals surface area contributed by atoms with Gasteiger partial charge in [0, 0.05) is 10.6 Å². The third kappa shape index (κ3) is 3.61. The Bertz CT molecular complexity index is 409. The van der Waals surface area contributed by atoms with Crippen molar-refractivity contribution in [3.63, 3.8) is 0 Å². The quantitative estimate of drug-likeness (QED) is 0.449. The number of rotatable bonds is 5. The zero-order valence-electron chi connectivity index (χ0n) is 8.58. The number of benzene rings is 1. The van der Waals surface area contributed by atoms with Crippen LogP contribution in [0.1, 0.15) is 12.0 Å². The Balaban J connectivity index is 2.55. The standard InChI is InChI=1S/C10H12N4O2/c11-9(10(15)16)6-3-7-1-4-8(5-2-7)13-14-12/h1-2,4-5,9H,3,6,11H2,(H,15,16)/t9-/m0/s1. The van der Waals surface area contributed by atoms with Crippen LogP contribution in [0.15, 0.2) is 29.4 Å². The topological polar surface area (TPSA) is 112 Å². The number of hydrogen-bond acceptors (Lipinski definition) is 3. The summed E-state index contributed by atoms with van der Waals surface area (Å²) in [6, 6.07) is 6.11. The first-order chi connectivity index (χ1) is 7.63. The normalized spacial score (nSPS) is 11.6. The smallest absolute Gasteiger partial charge is 0.320 e. The number of aryl methyl sites for hydroxylation is 1. The van der Waals surface area contributed by atoms with Gasteiger partial charge in [-0.15, -0.1) is 0 Å². The molecule has 6 heteroatoms. The van der Waals surface area contributed by atoms with E-state index in [1.54, 1.807) is 24.3 Å². The van der Waals surface area contributed by atoms with Crippen LogP contribution in [0.3, 0.4) is 0 Å². The van der Waals surface area contributed by atoms with Crippen LogP contribution in [0.4, 0.5) is 5.69 Å². The van der Waals surface area contributed by atoms with Crippen LogP contribution in [-0.4, -0.2) is 17.1 Å². The molecule has 0 aliphatic carbocycles. The highest BCUT2D eigenvalue weighted by atomic mass is 16.4. The molecule has 0 fully saturated rings. The van der Waals surface area contributed by atoms with E-state index >= 15 is 0 Å². The molecule has 0 aliphatic heterocycles. The third-order valence-corrected chi connectivity index (χ3v) is 2.16. The predicted molar refractivity (Wildman–Crippen MR) is 59.2 cm³/mol. The molecule has 0 aromatic heterocycles. The first kappa shape index (κ1) is 12.0. The van der Waals surface area contributed by atoms with Gasteiger partial charge < -0.3 is 10.8 Å². The highest BCUT2D eigenvalue weighted by Crippen LogP contribution is 2.14. The minimum atomic E-state index is -0.995. The average molecular weight is 220 g/mol. The zero-order valence-corrected chi connectivity index (χ0v) is 8.58. The zero-order chi connectivity index (χ0) is 12.0. The molecule has 3 N–H and O–H groups in total. The lowest BCUT2D eigenvalue weighted by atomic mass is 10.1. The monoisotopic (exact) mass is 220 g/mol. The Kier molecular flexibility index (Phi) is 4.32. The van der Waals surface area contributed by atoms with Crippen LogP contribution >= 0.6 is 0 Å². The van der Waals surface area contributed by atoms with Crippen LogP contribution < -0.4 is 5.73 Å². The van der Waals surface area contributed by atoms with Crippen molar-refractivity contribution >= 4 is 11.7 Å². The number of carboxylic acid groups (broad SMARTS) is 1. The first-order valence-electron chi connectivity index (χ1n) is 4.76. The fourth-order valence-electron chi connectivity index (χ4n) is 1.23. The molecular formula is C10H12N4O2. The maximum Gasteiger partial charge on any atom is 0.320 e. The molecule has 0 unspecified atom stereocenters. The molecule has 0 aliphatic rings. The second kappa shape index (κ2) is 5.75. The lowest BCUT2D eigenvalue weighted by molar-refractivity contribution is -0.138.